The van der Waals surface area contributed by atoms with Gasteiger partial charge in [-0.25, -0.2) is 67.1 Å². The van der Waals surface area contributed by atoms with Gasteiger partial charge in [0.1, 0.15) is 54.9 Å². The van der Waals surface area contributed by atoms with Gasteiger partial charge in [-0.1, -0.05) is 237 Å². The number of ether oxygens (including phenoxy) is 14. The third kappa shape index (κ3) is 42.5. The van der Waals surface area contributed by atoms with Crippen molar-refractivity contribution < 1.29 is 133 Å². The zero-order valence-electron chi connectivity index (χ0n) is 80.5. The zero-order chi connectivity index (χ0) is 99.1. The van der Waals surface area contributed by atoms with Gasteiger partial charge in [0.25, 0.3) is 0 Å². The Balaban J connectivity index is 0.000000245. The number of rotatable bonds is 43. The molecule has 136 heavy (non-hydrogen) atoms. The number of alkyl carbamates (subject to hydrolysis) is 7. The van der Waals surface area contributed by atoms with Crippen molar-refractivity contribution in [3.05, 3.63) is 168 Å². The van der Waals surface area contributed by atoms with Crippen LogP contribution in [0.1, 0.15) is 246 Å². The quantitative estimate of drug-likeness (QED) is 0.0108. The number of aryl methyl sites for hydroxylation is 3. The number of carbonyl (C=O) groups excluding carboxylic acids is 14. The summed E-state index contributed by atoms with van der Waals surface area (Å²) >= 11 is 0. The molecule has 748 valence electrons. The summed E-state index contributed by atoms with van der Waals surface area (Å²) in [6.45, 7) is 24.1. The first-order chi connectivity index (χ1) is 65.4. The van der Waals surface area contributed by atoms with Crippen molar-refractivity contribution in [2.24, 2.45) is 0 Å². The average Bonchev–Trinajstić information content (AvgIpc) is 0.904. The molecule has 1 unspecified atom stereocenters. The fourth-order valence-electron chi connectivity index (χ4n) is 13.9. The van der Waals surface area contributed by atoms with Crippen molar-refractivity contribution in [1.29, 1.82) is 0 Å². The summed E-state index contributed by atoms with van der Waals surface area (Å²) in [5, 5.41) is 17.5. The van der Waals surface area contributed by atoms with Crippen LogP contribution in [0, 0.1) is 0 Å². The number of nitrogens with one attached hydrogen (secondary N) is 7. The molecule has 7 heterocycles. The van der Waals surface area contributed by atoms with Crippen molar-refractivity contribution in [3.63, 3.8) is 0 Å². The van der Waals surface area contributed by atoms with Gasteiger partial charge in [0, 0.05) is 0 Å². The van der Waals surface area contributed by atoms with Crippen LogP contribution >= 0.6 is 0 Å². The van der Waals surface area contributed by atoms with E-state index >= 15 is 0 Å². The first kappa shape index (κ1) is 112. The number of esters is 7. The molecule has 5 aromatic carbocycles. The Kier molecular flexibility index (Phi) is 51.7. The van der Waals surface area contributed by atoms with Gasteiger partial charge in [-0.05, 0) is 179 Å². The molecule has 0 bridgehead atoms. The van der Waals surface area contributed by atoms with E-state index in [4.69, 9.17) is 61.6 Å². The summed E-state index contributed by atoms with van der Waals surface area (Å²) in [4.78, 5) is 157. The number of hydrogen-bond donors (Lipinski definition) is 7. The highest BCUT2D eigenvalue weighted by atomic mass is 16.6. The summed E-state index contributed by atoms with van der Waals surface area (Å²) in [5.41, 5.74) is 6.93. The molecular weight excluding hydrogens is 1760 g/mol. The van der Waals surface area contributed by atoms with Gasteiger partial charge in [-0.2, -0.15) is 0 Å². The minimum atomic E-state index is -0.622. The molecule has 7 fully saturated rings. The monoisotopic (exact) mass is 1900 g/mol. The molecule has 35 nitrogen and oxygen atoms in total. The van der Waals surface area contributed by atoms with Crippen LogP contribution in [0.25, 0.3) is 11.1 Å². The number of carbonyl (C=O) groups is 14. The topological polar surface area (TPSA) is 452 Å². The number of cyclic esters (lactones) is 7. The van der Waals surface area contributed by atoms with Crippen LogP contribution in [0.15, 0.2) is 146 Å². The van der Waals surface area contributed by atoms with Gasteiger partial charge >= 0.3 is 84.4 Å². The Labute approximate surface area is 797 Å². The minimum Gasteiger partial charge on any atom is -0.458 e. The fraction of sp³-hybridized carbons (Fsp3) is 0.564. The van der Waals surface area contributed by atoms with E-state index in [-0.39, 0.29) is 54.8 Å². The van der Waals surface area contributed by atoms with Gasteiger partial charge in [0.2, 0.25) is 0 Å². The van der Waals surface area contributed by atoms with Crippen molar-refractivity contribution in [3.8, 4) is 11.1 Å². The van der Waals surface area contributed by atoms with E-state index in [0.717, 1.165) is 119 Å². The molecule has 35 heteroatoms. The average molecular weight is 1900 g/mol. The summed E-state index contributed by atoms with van der Waals surface area (Å²) < 4.78 is 68.6. The van der Waals surface area contributed by atoms with E-state index in [1.807, 2.05) is 128 Å². The molecule has 16 atom stereocenters. The Hall–Kier alpha value is -12.7. The molecule has 0 aliphatic carbocycles. The second-order valence-corrected chi connectivity index (χ2v) is 33.8. The van der Waals surface area contributed by atoms with Crippen molar-refractivity contribution in [2.45, 2.75) is 334 Å². The van der Waals surface area contributed by atoms with E-state index in [2.05, 4.69) is 87.0 Å². The highest BCUT2D eigenvalue weighted by Gasteiger charge is 2.46. The van der Waals surface area contributed by atoms with Crippen LogP contribution in [0.3, 0.4) is 0 Å². The second-order valence-electron chi connectivity index (χ2n) is 33.8. The first-order valence-corrected chi connectivity index (χ1v) is 47.7. The predicted molar refractivity (Wildman–Crippen MR) is 501 cm³/mol. The van der Waals surface area contributed by atoms with Crippen LogP contribution in [0.4, 0.5) is 33.6 Å². The summed E-state index contributed by atoms with van der Waals surface area (Å²) in [7, 11) is 0. The van der Waals surface area contributed by atoms with E-state index in [1.54, 1.807) is 55.4 Å². The van der Waals surface area contributed by atoms with Crippen molar-refractivity contribution in [1.82, 2.24) is 37.2 Å². The van der Waals surface area contributed by atoms with Gasteiger partial charge < -0.3 is 104 Å². The standard InChI is InChI=1S/C19H19NO4.C16H21NO4.C15H19NO4.C14H17NO4.C14H25NO4.C13H23NO4.C10H17NO4/c1-12(24-19(22)20-17-13(2)23-18(17)21)14-8-10-16(11-9-14)15-6-4-3-5-7-15;1-12-14(15(18)21-12)17-16(19)20-11-7-3-6-10-13-8-4-2-5-9-13;1-11-13(14(17)20-11)16-15(18)19-10-6-5-9-12-7-3-2-4-8-12;1-10-12(13(16)19-10)15-14(17)18-9-5-8-11-6-3-2-4-7-11;1-4-5-6-7-8-9-10(2)18-14(17)15-12-11(3)19-13(12)16;1-3-4-5-6-7-8-9-17-13(16)14-11-10(2)18-12(11)15;1-3-4-5-6-14-10(13)11-8-7(2)15-9(8)12/h3-13,17H,1-2H3,(H,20,22);2,4-5,8-9,12,14H,3,6-7,10-11H2,1H3,(H,17,19);2-4,7-8,11,13H,5-6,9-10H2,1H3,(H,16,18);2-4,6-7,10,12H,5,8-9H2,1H3,(H,15,17);10-12H,4-9H2,1-3H3,(H,15,17);10-11H,3-9H2,1-2H3,(H,14,16);7-8H,3-6H2,1-2H3,(H,11,13)/t12?,13-,17+;12-,14+;11-,13+;10-,12+;10-,11-,12+;10-,11+;7-,8+/m0000000/s1. The Bertz CT molecular complexity index is 4460. The fourth-order valence-corrected chi connectivity index (χ4v) is 13.9. The molecule has 0 aromatic heterocycles. The Morgan fingerprint density at radius 3 is 0.801 bits per heavy atom. The summed E-state index contributed by atoms with van der Waals surface area (Å²) in [6.07, 6.45) is 18.6. The number of benzene rings is 5. The van der Waals surface area contributed by atoms with E-state index in [1.165, 1.54) is 68.1 Å². The van der Waals surface area contributed by atoms with Crippen LogP contribution in [-0.2, 0) is 119 Å². The molecule has 5 aromatic rings. The molecule has 0 saturated carbocycles. The molecule has 7 aliphatic heterocycles. The predicted octanol–water partition coefficient (Wildman–Crippen LogP) is 16.0. The molecular formula is C101H141N7O28. The van der Waals surface area contributed by atoms with Crippen molar-refractivity contribution in [2.75, 3.05) is 33.0 Å². The van der Waals surface area contributed by atoms with Crippen LogP contribution in [-0.4, -0.2) is 209 Å². The molecule has 7 saturated heterocycles. The van der Waals surface area contributed by atoms with Crippen molar-refractivity contribution >= 4 is 84.4 Å². The van der Waals surface area contributed by atoms with E-state index < -0.39 is 127 Å². The smallest absolute Gasteiger partial charge is 0.408 e. The van der Waals surface area contributed by atoms with Crippen LogP contribution in [0.5, 0.6) is 0 Å². The highest BCUT2D eigenvalue weighted by Crippen LogP contribution is 2.26. The maximum Gasteiger partial charge on any atom is 0.408 e. The molecule has 7 N–H and O–H groups in total. The van der Waals surface area contributed by atoms with Crippen LogP contribution < -0.4 is 37.2 Å². The second kappa shape index (κ2) is 62.8. The van der Waals surface area contributed by atoms with Gasteiger partial charge in [-0.3, -0.25) is 0 Å². The number of unbranched alkanes of at least 4 members (excludes halogenated alkanes) is 14. The molecule has 12 rings (SSSR count). The Morgan fingerprint density at radius 1 is 0.265 bits per heavy atom. The number of amides is 7. The van der Waals surface area contributed by atoms with Gasteiger partial charge in [-0.15, -0.1) is 0 Å². The molecule has 0 spiro atoms. The third-order valence-electron chi connectivity index (χ3n) is 22.4. The van der Waals surface area contributed by atoms with E-state index in [0.29, 0.717) is 33.0 Å². The molecule has 0 radical (unpaired) electrons. The van der Waals surface area contributed by atoms with E-state index in [9.17, 15) is 67.1 Å². The summed E-state index contributed by atoms with van der Waals surface area (Å²) in [6, 6.07) is 44.4. The lowest BCUT2D eigenvalue weighted by atomic mass is 10.0. The Morgan fingerprint density at radius 2 is 0.493 bits per heavy atom. The highest BCUT2D eigenvalue weighted by molar-refractivity contribution is 5.90. The first-order valence-electron chi connectivity index (χ1n) is 47.7. The van der Waals surface area contributed by atoms with Gasteiger partial charge in [0.15, 0.2) is 42.3 Å². The van der Waals surface area contributed by atoms with Crippen LogP contribution in [0.2, 0.25) is 0 Å². The third-order valence-corrected chi connectivity index (χ3v) is 22.4. The SMILES string of the molecule is CC(OC(=O)N[C@H]1C(=O)O[C@H]1C)c1ccc(-c2ccccc2)cc1.CCCCCCCCOC(=O)N[C@H]1C(=O)O[C@H]1C.CCCCCCC[C@H](C)OC(=O)N[C@H]1C(=O)O[C@H]1C.CCCCCOC(=O)N[C@H]1C(=O)O[C@H]1C.C[C@@H]1OC(=O)[C@@H]1NC(=O)OCCCCCc1ccccc1.C[C@@H]1OC(=O)[C@@H]1NC(=O)OCCCCc1ccccc1.C[C@@H]1OC(=O)[C@@H]1NC(=O)OCCCc1ccccc1. The lowest BCUT2D eigenvalue weighted by Gasteiger charge is -2.32. The molecule has 7 aliphatic rings. The lowest BCUT2D eigenvalue weighted by molar-refractivity contribution is -0.175. The maximum absolute atomic E-state index is 11.9. The van der Waals surface area contributed by atoms with Gasteiger partial charge in [0.05, 0.1) is 33.0 Å². The largest absolute Gasteiger partial charge is 0.458 e. The minimum absolute atomic E-state index is 0.118. The molecule has 7 amide bonds. The zero-order valence-corrected chi connectivity index (χ0v) is 80.5. The summed E-state index contributed by atoms with van der Waals surface area (Å²) in [5.74, 6) is -2.82. The lowest BCUT2D eigenvalue weighted by Crippen LogP contribution is -2.58. The maximum atomic E-state index is 11.9. The number of hydrogen-bond acceptors (Lipinski definition) is 28. The normalized spacial score (nSPS) is 21.6.